The van der Waals surface area contributed by atoms with Gasteiger partial charge in [0.05, 0.1) is 36.4 Å². The number of halogens is 1. The Bertz CT molecular complexity index is 1090. The third-order valence-corrected chi connectivity index (χ3v) is 4.90. The first-order chi connectivity index (χ1) is 15.9. The first kappa shape index (κ1) is 26.8. The van der Waals surface area contributed by atoms with Gasteiger partial charge < -0.3 is 14.6 Å². The van der Waals surface area contributed by atoms with Crippen molar-refractivity contribution < 1.29 is 33.8 Å². The van der Waals surface area contributed by atoms with Crippen LogP contribution < -0.4 is 10.4 Å². The molecule has 10 heteroatoms. The summed E-state index contributed by atoms with van der Waals surface area (Å²) in [5.74, 6) is -2.01. The Labute approximate surface area is 202 Å². The molecule has 2 rings (SSSR count). The lowest BCUT2D eigenvalue weighted by molar-refractivity contribution is -0.118. The van der Waals surface area contributed by atoms with E-state index in [4.69, 9.17) is 21.1 Å². The van der Waals surface area contributed by atoms with E-state index in [1.165, 1.54) is 25.3 Å². The molecule has 0 fully saturated rings. The van der Waals surface area contributed by atoms with Crippen LogP contribution >= 0.6 is 11.6 Å². The quantitative estimate of drug-likeness (QED) is 0.272. The second kappa shape index (κ2) is 11.1. The standard InChI is InChI=1S/C24H27ClN2O7/c1-14-7-6-8-18(25)21(14)19(29)12-20(30)27(26-23(32)34-24(2,3)4)16-9-10-17(22(31)33-5)15(11-16)13-28/h6-11,28H,12-13H2,1-5H3,(H,26,32). The summed E-state index contributed by atoms with van der Waals surface area (Å²) in [6, 6.07) is 8.95. The van der Waals surface area contributed by atoms with Crippen LogP contribution in [0.15, 0.2) is 36.4 Å². The lowest BCUT2D eigenvalue weighted by atomic mass is 10.0. The summed E-state index contributed by atoms with van der Waals surface area (Å²) in [7, 11) is 1.19. The minimum atomic E-state index is -0.940. The number of amides is 2. The van der Waals surface area contributed by atoms with Gasteiger partial charge >= 0.3 is 12.1 Å². The third-order valence-electron chi connectivity index (χ3n) is 4.59. The summed E-state index contributed by atoms with van der Waals surface area (Å²) in [6.07, 6.45) is -1.56. The summed E-state index contributed by atoms with van der Waals surface area (Å²) >= 11 is 6.15. The highest BCUT2D eigenvalue weighted by atomic mass is 35.5. The molecule has 182 valence electrons. The number of nitrogens with one attached hydrogen (secondary N) is 1. The molecule has 0 bridgehead atoms. The van der Waals surface area contributed by atoms with E-state index in [2.05, 4.69) is 5.43 Å². The van der Waals surface area contributed by atoms with Crippen molar-refractivity contribution in [2.45, 2.75) is 46.3 Å². The van der Waals surface area contributed by atoms with E-state index in [-0.39, 0.29) is 27.4 Å². The number of hydrogen-bond donors (Lipinski definition) is 2. The topological polar surface area (TPSA) is 122 Å². The number of hydrazine groups is 1. The number of anilines is 1. The molecule has 0 unspecified atom stereocenters. The number of benzene rings is 2. The number of methoxy groups -OCH3 is 1. The van der Waals surface area contributed by atoms with Crippen molar-refractivity contribution >= 4 is 41.0 Å². The van der Waals surface area contributed by atoms with Crippen molar-refractivity contribution in [2.75, 3.05) is 12.1 Å². The van der Waals surface area contributed by atoms with Crippen molar-refractivity contribution in [1.82, 2.24) is 5.43 Å². The lowest BCUT2D eigenvalue weighted by Gasteiger charge is -2.26. The minimum Gasteiger partial charge on any atom is -0.465 e. The summed E-state index contributed by atoms with van der Waals surface area (Å²) in [5.41, 5.74) is 2.61. The first-order valence-electron chi connectivity index (χ1n) is 10.3. The maximum Gasteiger partial charge on any atom is 0.427 e. The van der Waals surface area contributed by atoms with Gasteiger partial charge in [-0.2, -0.15) is 0 Å². The zero-order valence-electron chi connectivity index (χ0n) is 19.6. The van der Waals surface area contributed by atoms with Crippen molar-refractivity contribution in [3.05, 3.63) is 63.7 Å². The Hall–Kier alpha value is -3.43. The molecule has 0 saturated carbocycles. The van der Waals surface area contributed by atoms with Crippen LogP contribution in [0, 0.1) is 6.92 Å². The van der Waals surface area contributed by atoms with Crippen LogP contribution in [0.4, 0.5) is 10.5 Å². The second-order valence-electron chi connectivity index (χ2n) is 8.37. The number of ether oxygens (including phenoxy) is 2. The lowest BCUT2D eigenvalue weighted by Crippen LogP contribution is -2.49. The molecule has 0 heterocycles. The Morgan fingerprint density at radius 1 is 1.12 bits per heavy atom. The van der Waals surface area contributed by atoms with Crippen LogP contribution in [0.5, 0.6) is 0 Å². The summed E-state index contributed by atoms with van der Waals surface area (Å²) < 4.78 is 9.92. The Morgan fingerprint density at radius 2 is 1.79 bits per heavy atom. The monoisotopic (exact) mass is 490 g/mol. The zero-order chi connectivity index (χ0) is 25.6. The predicted molar refractivity (Wildman–Crippen MR) is 126 cm³/mol. The molecule has 0 aliphatic heterocycles. The average Bonchev–Trinajstić information content (AvgIpc) is 2.75. The maximum atomic E-state index is 13.2. The predicted octanol–water partition coefficient (Wildman–Crippen LogP) is 3.97. The van der Waals surface area contributed by atoms with E-state index in [1.807, 2.05) is 0 Å². The van der Waals surface area contributed by atoms with Gasteiger partial charge in [-0.1, -0.05) is 23.7 Å². The fourth-order valence-corrected chi connectivity index (χ4v) is 3.44. The number of nitrogens with zero attached hydrogens (tertiary/aromatic N) is 1. The highest BCUT2D eigenvalue weighted by Crippen LogP contribution is 2.24. The number of hydrogen-bond acceptors (Lipinski definition) is 7. The highest BCUT2D eigenvalue weighted by Gasteiger charge is 2.27. The molecule has 2 aromatic rings. The molecular weight excluding hydrogens is 464 g/mol. The Morgan fingerprint density at radius 3 is 2.35 bits per heavy atom. The van der Waals surface area contributed by atoms with Crippen LogP contribution in [0.1, 0.15) is 59.0 Å². The number of aliphatic hydroxyl groups excluding tert-OH is 1. The van der Waals surface area contributed by atoms with Gasteiger partial charge in [0.15, 0.2) is 5.78 Å². The molecular formula is C24H27ClN2O7. The van der Waals surface area contributed by atoms with Crippen molar-refractivity contribution in [2.24, 2.45) is 0 Å². The SMILES string of the molecule is COC(=O)c1ccc(N(NC(=O)OC(C)(C)C)C(=O)CC(=O)c2c(C)cccc2Cl)cc1CO. The van der Waals surface area contributed by atoms with E-state index < -0.39 is 42.4 Å². The van der Waals surface area contributed by atoms with E-state index in [9.17, 15) is 24.3 Å². The molecule has 0 atom stereocenters. The number of aliphatic hydroxyl groups is 1. The summed E-state index contributed by atoms with van der Waals surface area (Å²) in [6.45, 7) is 6.11. The van der Waals surface area contributed by atoms with Crippen molar-refractivity contribution in [1.29, 1.82) is 0 Å². The van der Waals surface area contributed by atoms with Crippen LogP contribution in [0.25, 0.3) is 0 Å². The number of carbonyl (C=O) groups excluding carboxylic acids is 4. The van der Waals surface area contributed by atoms with Gasteiger partial charge in [-0.25, -0.2) is 20.0 Å². The Balaban J connectivity index is 2.43. The summed E-state index contributed by atoms with van der Waals surface area (Å²) in [4.78, 5) is 50.4. The number of aryl methyl sites for hydroxylation is 1. The fourth-order valence-electron chi connectivity index (χ4n) is 3.11. The fraction of sp³-hybridized carbons (Fsp3) is 0.333. The molecule has 34 heavy (non-hydrogen) atoms. The largest absolute Gasteiger partial charge is 0.465 e. The normalized spacial score (nSPS) is 10.9. The highest BCUT2D eigenvalue weighted by molar-refractivity contribution is 6.34. The molecule has 0 saturated heterocycles. The van der Waals surface area contributed by atoms with Gasteiger partial charge in [-0.05, 0) is 63.1 Å². The van der Waals surface area contributed by atoms with Crippen LogP contribution in [-0.2, 0) is 20.9 Å². The van der Waals surface area contributed by atoms with Gasteiger partial charge in [0.25, 0.3) is 5.91 Å². The summed E-state index contributed by atoms with van der Waals surface area (Å²) in [5, 5.41) is 10.7. The van der Waals surface area contributed by atoms with E-state index in [0.29, 0.717) is 5.56 Å². The third kappa shape index (κ3) is 6.79. The van der Waals surface area contributed by atoms with E-state index in [1.54, 1.807) is 45.9 Å². The smallest absolute Gasteiger partial charge is 0.427 e. The minimum absolute atomic E-state index is 0.0844. The van der Waals surface area contributed by atoms with Gasteiger partial charge in [0, 0.05) is 5.56 Å². The van der Waals surface area contributed by atoms with Crippen LogP contribution in [-0.4, -0.2) is 41.6 Å². The van der Waals surface area contributed by atoms with Gasteiger partial charge in [-0.15, -0.1) is 0 Å². The van der Waals surface area contributed by atoms with Gasteiger partial charge in [-0.3, -0.25) is 9.59 Å². The number of esters is 1. The second-order valence-corrected chi connectivity index (χ2v) is 8.77. The van der Waals surface area contributed by atoms with E-state index >= 15 is 0 Å². The van der Waals surface area contributed by atoms with Crippen molar-refractivity contribution in [3.8, 4) is 0 Å². The van der Waals surface area contributed by atoms with Gasteiger partial charge in [0.2, 0.25) is 0 Å². The molecule has 0 aromatic heterocycles. The van der Waals surface area contributed by atoms with E-state index in [0.717, 1.165) is 5.01 Å². The molecule has 0 aliphatic rings. The maximum absolute atomic E-state index is 13.2. The molecule has 9 nitrogen and oxygen atoms in total. The van der Waals surface area contributed by atoms with Crippen molar-refractivity contribution in [3.63, 3.8) is 0 Å². The number of rotatable bonds is 6. The average molecular weight is 491 g/mol. The first-order valence-corrected chi connectivity index (χ1v) is 10.7. The molecule has 2 amide bonds. The number of carbonyl (C=O) groups is 4. The number of Topliss-reactive ketones (excluding diaryl/α,β-unsaturated/α-hetero) is 1. The molecule has 0 radical (unpaired) electrons. The zero-order valence-corrected chi connectivity index (χ0v) is 20.4. The molecule has 0 aliphatic carbocycles. The molecule has 2 N–H and O–H groups in total. The molecule has 0 spiro atoms. The number of ketones is 1. The molecule has 2 aromatic carbocycles. The van der Waals surface area contributed by atoms with Crippen LogP contribution in [0.3, 0.4) is 0 Å². The Kier molecular flexibility index (Phi) is 8.78. The van der Waals surface area contributed by atoms with Crippen LogP contribution in [0.2, 0.25) is 5.02 Å². The van der Waals surface area contributed by atoms with Gasteiger partial charge in [0.1, 0.15) is 5.60 Å².